The molecule has 100 valence electrons. The van der Waals surface area contributed by atoms with Crippen molar-refractivity contribution >= 4 is 0 Å². The fraction of sp³-hybridized carbons (Fsp3) is 0.571. The first kappa shape index (κ1) is 13.2. The zero-order valence-electron chi connectivity index (χ0n) is 11.1. The van der Waals surface area contributed by atoms with Gasteiger partial charge in [-0.05, 0) is 30.0 Å². The molecule has 0 aromatic heterocycles. The molecule has 3 N–H and O–H groups in total. The van der Waals surface area contributed by atoms with E-state index in [0.717, 1.165) is 29.4 Å². The molecule has 1 aliphatic rings. The van der Waals surface area contributed by atoms with Crippen molar-refractivity contribution in [3.63, 3.8) is 0 Å². The lowest BCUT2D eigenvalue weighted by molar-refractivity contribution is 0.261. The fourth-order valence-corrected chi connectivity index (χ4v) is 2.43. The van der Waals surface area contributed by atoms with Crippen molar-refractivity contribution in [2.24, 2.45) is 11.8 Å². The predicted molar refractivity (Wildman–Crippen MR) is 71.6 cm³/mol. The molecule has 0 aliphatic heterocycles. The summed E-state index contributed by atoms with van der Waals surface area (Å²) in [6.07, 6.45) is 5.09. The molecule has 1 fully saturated rings. The van der Waals surface area contributed by atoms with Crippen LogP contribution in [-0.2, 0) is 0 Å². The van der Waals surface area contributed by atoms with Crippen LogP contribution in [0.15, 0.2) is 18.2 Å². The first-order valence-corrected chi connectivity index (χ1v) is 6.46. The van der Waals surface area contributed by atoms with Crippen LogP contribution in [0.2, 0.25) is 0 Å². The monoisotopic (exact) mass is 250 g/mol. The molecule has 0 spiro atoms. The molecule has 0 radical (unpaired) electrons. The summed E-state index contributed by atoms with van der Waals surface area (Å²) < 4.78 is 10.6. The number of hydrazine groups is 1. The highest BCUT2D eigenvalue weighted by molar-refractivity contribution is 5.43. The average Bonchev–Trinajstić information content (AvgIpc) is 2.37. The Morgan fingerprint density at radius 2 is 2.00 bits per heavy atom. The smallest absolute Gasteiger partial charge is 0.161 e. The average molecular weight is 250 g/mol. The highest BCUT2D eigenvalue weighted by Gasteiger charge is 2.23. The van der Waals surface area contributed by atoms with Gasteiger partial charge in [-0.3, -0.25) is 11.3 Å². The quantitative estimate of drug-likeness (QED) is 0.601. The van der Waals surface area contributed by atoms with Gasteiger partial charge in [0.1, 0.15) is 0 Å². The minimum absolute atomic E-state index is 0.190. The molecule has 0 saturated heterocycles. The molecule has 1 atom stereocenters. The third-order valence-electron chi connectivity index (χ3n) is 3.80. The number of ether oxygens (including phenoxy) is 2. The molecular formula is C14H22N2O2. The molecule has 1 aromatic rings. The van der Waals surface area contributed by atoms with Crippen LogP contribution in [-0.4, -0.2) is 14.2 Å². The van der Waals surface area contributed by atoms with Crippen molar-refractivity contribution in [1.82, 2.24) is 5.43 Å². The van der Waals surface area contributed by atoms with E-state index in [9.17, 15) is 0 Å². The van der Waals surface area contributed by atoms with E-state index >= 15 is 0 Å². The third-order valence-corrected chi connectivity index (χ3v) is 3.80. The Kier molecular flexibility index (Phi) is 4.44. The fourth-order valence-electron chi connectivity index (χ4n) is 2.43. The summed E-state index contributed by atoms with van der Waals surface area (Å²) in [5.41, 5.74) is 4.06. The van der Waals surface area contributed by atoms with Gasteiger partial charge >= 0.3 is 0 Å². The van der Waals surface area contributed by atoms with Crippen LogP contribution < -0.4 is 20.7 Å². The lowest BCUT2D eigenvalue weighted by Gasteiger charge is -2.29. The Balaban J connectivity index is 2.13. The maximum Gasteiger partial charge on any atom is 0.161 e. The van der Waals surface area contributed by atoms with Crippen LogP contribution in [0.3, 0.4) is 0 Å². The predicted octanol–water partition coefficient (Wildman–Crippen LogP) is 2.40. The van der Waals surface area contributed by atoms with Gasteiger partial charge in [-0.1, -0.05) is 25.3 Å². The summed E-state index contributed by atoms with van der Waals surface area (Å²) in [5.74, 6) is 7.98. The molecule has 2 rings (SSSR count). The Morgan fingerprint density at radius 3 is 2.50 bits per heavy atom. The van der Waals surface area contributed by atoms with Gasteiger partial charge in [0.2, 0.25) is 0 Å². The van der Waals surface area contributed by atoms with E-state index in [1.54, 1.807) is 14.2 Å². The van der Waals surface area contributed by atoms with Crippen molar-refractivity contribution in [3.8, 4) is 11.5 Å². The van der Waals surface area contributed by atoms with Crippen LogP contribution >= 0.6 is 0 Å². The number of hydrogen-bond acceptors (Lipinski definition) is 4. The Hall–Kier alpha value is -1.26. The van der Waals surface area contributed by atoms with Gasteiger partial charge in [0.15, 0.2) is 11.5 Å². The molecule has 18 heavy (non-hydrogen) atoms. The van der Waals surface area contributed by atoms with Crippen LogP contribution in [0.25, 0.3) is 0 Å². The molecular weight excluding hydrogens is 228 g/mol. The van der Waals surface area contributed by atoms with Gasteiger partial charge in [0.25, 0.3) is 0 Å². The number of benzene rings is 1. The molecule has 1 aromatic carbocycles. The van der Waals surface area contributed by atoms with Crippen LogP contribution in [0.4, 0.5) is 0 Å². The first-order valence-electron chi connectivity index (χ1n) is 6.46. The largest absolute Gasteiger partial charge is 0.493 e. The van der Waals surface area contributed by atoms with E-state index in [4.69, 9.17) is 15.3 Å². The molecule has 0 amide bonds. The summed E-state index contributed by atoms with van der Waals surface area (Å²) in [5, 5.41) is 0. The van der Waals surface area contributed by atoms with Gasteiger partial charge in [-0.2, -0.15) is 0 Å². The maximum atomic E-state index is 5.67. The van der Waals surface area contributed by atoms with Gasteiger partial charge in [0.05, 0.1) is 14.2 Å². The van der Waals surface area contributed by atoms with Crippen molar-refractivity contribution in [2.75, 3.05) is 14.2 Å². The SMILES string of the molecule is COc1ccc(C(CC2CCC2)NN)cc1OC. The number of nitrogens with two attached hydrogens (primary N) is 1. The van der Waals surface area contributed by atoms with Gasteiger partial charge in [-0.15, -0.1) is 0 Å². The third kappa shape index (κ3) is 2.76. The Bertz CT molecular complexity index is 391. The Labute approximate surface area is 108 Å². The maximum absolute atomic E-state index is 5.67. The highest BCUT2D eigenvalue weighted by Crippen LogP contribution is 2.36. The molecule has 1 saturated carbocycles. The summed E-state index contributed by atoms with van der Waals surface area (Å²) >= 11 is 0. The second-order valence-corrected chi connectivity index (χ2v) is 4.87. The van der Waals surface area contributed by atoms with Crippen molar-refractivity contribution in [2.45, 2.75) is 31.7 Å². The first-order chi connectivity index (χ1) is 8.78. The normalized spacial score (nSPS) is 17.1. The molecule has 4 heteroatoms. The van der Waals surface area contributed by atoms with Crippen molar-refractivity contribution in [3.05, 3.63) is 23.8 Å². The highest BCUT2D eigenvalue weighted by atomic mass is 16.5. The number of nitrogens with one attached hydrogen (secondary N) is 1. The van der Waals surface area contributed by atoms with Crippen LogP contribution in [0.1, 0.15) is 37.3 Å². The van der Waals surface area contributed by atoms with E-state index in [-0.39, 0.29) is 6.04 Å². The van der Waals surface area contributed by atoms with E-state index in [2.05, 4.69) is 5.43 Å². The van der Waals surface area contributed by atoms with Gasteiger partial charge in [0, 0.05) is 6.04 Å². The summed E-state index contributed by atoms with van der Waals surface area (Å²) in [4.78, 5) is 0. The molecule has 0 bridgehead atoms. The minimum Gasteiger partial charge on any atom is -0.493 e. The van der Waals surface area contributed by atoms with E-state index in [1.165, 1.54) is 19.3 Å². The molecule has 4 nitrogen and oxygen atoms in total. The summed E-state index contributed by atoms with van der Waals surface area (Å²) in [7, 11) is 3.29. The van der Waals surface area contributed by atoms with E-state index in [1.807, 2.05) is 18.2 Å². The zero-order chi connectivity index (χ0) is 13.0. The number of methoxy groups -OCH3 is 2. The lowest BCUT2D eigenvalue weighted by atomic mass is 9.80. The Morgan fingerprint density at radius 1 is 1.28 bits per heavy atom. The summed E-state index contributed by atoms with van der Waals surface area (Å²) in [6.45, 7) is 0. The number of rotatable bonds is 6. The summed E-state index contributed by atoms with van der Waals surface area (Å²) in [6, 6.07) is 6.17. The standard InChI is InChI=1S/C14H22N2O2/c1-17-13-7-6-11(9-14(13)18-2)12(16-15)8-10-4-3-5-10/h6-7,9-10,12,16H,3-5,8,15H2,1-2H3. The van der Waals surface area contributed by atoms with Gasteiger partial charge < -0.3 is 9.47 Å². The van der Waals surface area contributed by atoms with Crippen LogP contribution in [0.5, 0.6) is 11.5 Å². The van der Waals surface area contributed by atoms with Gasteiger partial charge in [-0.25, -0.2) is 0 Å². The lowest BCUT2D eigenvalue weighted by Crippen LogP contribution is -2.31. The second kappa shape index (κ2) is 6.07. The van der Waals surface area contributed by atoms with Crippen molar-refractivity contribution < 1.29 is 9.47 Å². The molecule has 0 heterocycles. The van der Waals surface area contributed by atoms with Crippen LogP contribution in [0, 0.1) is 5.92 Å². The second-order valence-electron chi connectivity index (χ2n) is 4.87. The number of hydrogen-bond donors (Lipinski definition) is 2. The molecule has 1 aliphatic carbocycles. The van der Waals surface area contributed by atoms with Crippen molar-refractivity contribution in [1.29, 1.82) is 0 Å². The zero-order valence-corrected chi connectivity index (χ0v) is 11.1. The van der Waals surface area contributed by atoms with E-state index in [0.29, 0.717) is 0 Å². The topological polar surface area (TPSA) is 56.5 Å². The molecule has 1 unspecified atom stereocenters. The minimum atomic E-state index is 0.190. The van der Waals surface area contributed by atoms with E-state index < -0.39 is 0 Å².